The minimum Gasteiger partial charge on any atom is -0.493 e. The molecule has 0 aromatic heterocycles. The summed E-state index contributed by atoms with van der Waals surface area (Å²) in [4.78, 5) is 0. The van der Waals surface area contributed by atoms with Crippen LogP contribution in [-0.2, 0) is 13.1 Å². The lowest BCUT2D eigenvalue weighted by molar-refractivity contribution is 0.242. The summed E-state index contributed by atoms with van der Waals surface area (Å²) in [7, 11) is 1.67. The minimum absolute atomic E-state index is 0.193. The molecule has 0 aliphatic rings. The molecule has 0 saturated heterocycles. The molecule has 4 nitrogen and oxygen atoms in total. The van der Waals surface area contributed by atoms with Crippen molar-refractivity contribution in [3.8, 4) is 17.2 Å². The number of methoxy groups -OCH3 is 1. The van der Waals surface area contributed by atoms with E-state index >= 15 is 0 Å². The Hall–Kier alpha value is -2.20. The fourth-order valence-electron chi connectivity index (χ4n) is 2.53. The van der Waals surface area contributed by atoms with Crippen LogP contribution < -0.4 is 19.5 Å². The normalized spacial score (nSPS) is 10.8. The maximum Gasteiger partial charge on any atom is 0.165 e. The van der Waals surface area contributed by atoms with Gasteiger partial charge in [0.25, 0.3) is 0 Å². The molecule has 0 fully saturated rings. The molecular formula is C21H29NO3. The molecule has 0 saturated carbocycles. The Morgan fingerprint density at radius 2 is 1.76 bits per heavy atom. The molecule has 2 aromatic rings. The van der Waals surface area contributed by atoms with Gasteiger partial charge in [0, 0.05) is 18.7 Å². The molecule has 0 radical (unpaired) electrons. The summed E-state index contributed by atoms with van der Waals surface area (Å²) >= 11 is 0. The van der Waals surface area contributed by atoms with Gasteiger partial charge in [0.1, 0.15) is 5.75 Å². The van der Waals surface area contributed by atoms with Crippen LogP contribution in [0.1, 0.15) is 38.3 Å². The highest BCUT2D eigenvalue weighted by atomic mass is 16.5. The Labute approximate surface area is 151 Å². The van der Waals surface area contributed by atoms with Gasteiger partial charge in [0.2, 0.25) is 0 Å². The smallest absolute Gasteiger partial charge is 0.165 e. The molecule has 0 amide bonds. The molecule has 1 N–H and O–H groups in total. The summed E-state index contributed by atoms with van der Waals surface area (Å²) in [6.45, 7) is 8.35. The average Bonchev–Trinajstić information content (AvgIpc) is 2.61. The van der Waals surface area contributed by atoms with E-state index in [2.05, 4.69) is 30.4 Å². The topological polar surface area (TPSA) is 39.7 Å². The van der Waals surface area contributed by atoms with E-state index in [0.717, 1.165) is 42.3 Å². The monoisotopic (exact) mass is 343 g/mol. The Balaban J connectivity index is 1.94. The van der Waals surface area contributed by atoms with Gasteiger partial charge in [-0.2, -0.15) is 0 Å². The SMILES string of the molecule is CCCOc1c(CNCc2ccc(OC(C)C)cc2)cccc1OC. The number of benzene rings is 2. The summed E-state index contributed by atoms with van der Waals surface area (Å²) in [5.74, 6) is 2.52. The fourth-order valence-corrected chi connectivity index (χ4v) is 2.53. The Kier molecular flexibility index (Phi) is 7.61. The van der Waals surface area contributed by atoms with Crippen LogP contribution in [0.25, 0.3) is 0 Å². The molecular weight excluding hydrogens is 314 g/mol. The predicted octanol–water partition coefficient (Wildman–Crippen LogP) is 4.56. The molecule has 2 rings (SSSR count). The second kappa shape index (κ2) is 9.94. The van der Waals surface area contributed by atoms with E-state index in [1.807, 2.05) is 38.1 Å². The van der Waals surface area contributed by atoms with Gasteiger partial charge >= 0.3 is 0 Å². The zero-order valence-electron chi connectivity index (χ0n) is 15.7. The van der Waals surface area contributed by atoms with Gasteiger partial charge in [-0.25, -0.2) is 0 Å². The summed E-state index contributed by atoms with van der Waals surface area (Å²) in [6.07, 6.45) is 1.16. The third-order valence-corrected chi connectivity index (χ3v) is 3.67. The average molecular weight is 343 g/mol. The molecule has 0 heterocycles. The van der Waals surface area contributed by atoms with Gasteiger partial charge in [-0.1, -0.05) is 31.2 Å². The van der Waals surface area contributed by atoms with E-state index in [-0.39, 0.29) is 6.10 Å². The number of hydrogen-bond donors (Lipinski definition) is 1. The van der Waals surface area contributed by atoms with Crippen molar-refractivity contribution in [2.24, 2.45) is 0 Å². The van der Waals surface area contributed by atoms with Crippen molar-refractivity contribution in [1.29, 1.82) is 0 Å². The van der Waals surface area contributed by atoms with Gasteiger partial charge < -0.3 is 19.5 Å². The molecule has 0 unspecified atom stereocenters. The first-order chi connectivity index (χ1) is 12.1. The largest absolute Gasteiger partial charge is 0.493 e. The minimum atomic E-state index is 0.193. The molecule has 2 aromatic carbocycles. The summed E-state index contributed by atoms with van der Waals surface area (Å²) in [6, 6.07) is 14.2. The van der Waals surface area contributed by atoms with Gasteiger partial charge in [-0.15, -0.1) is 0 Å². The van der Waals surface area contributed by atoms with E-state index in [1.54, 1.807) is 7.11 Å². The van der Waals surface area contributed by atoms with Crippen LogP contribution >= 0.6 is 0 Å². The Bertz CT molecular complexity index is 638. The van der Waals surface area contributed by atoms with Crippen LogP contribution in [-0.4, -0.2) is 19.8 Å². The zero-order valence-corrected chi connectivity index (χ0v) is 15.7. The molecule has 0 atom stereocenters. The van der Waals surface area contributed by atoms with E-state index < -0.39 is 0 Å². The van der Waals surface area contributed by atoms with Gasteiger partial charge in [0.05, 0.1) is 19.8 Å². The number of hydrogen-bond acceptors (Lipinski definition) is 4. The third kappa shape index (κ3) is 5.98. The number of nitrogens with one attached hydrogen (secondary N) is 1. The van der Waals surface area contributed by atoms with Gasteiger partial charge in [-0.05, 0) is 44.0 Å². The van der Waals surface area contributed by atoms with Crippen LogP contribution in [0.5, 0.6) is 17.2 Å². The molecule has 25 heavy (non-hydrogen) atoms. The molecule has 0 bridgehead atoms. The predicted molar refractivity (Wildman–Crippen MR) is 102 cm³/mol. The van der Waals surface area contributed by atoms with Crippen molar-refractivity contribution in [3.63, 3.8) is 0 Å². The lowest BCUT2D eigenvalue weighted by atomic mass is 10.1. The Morgan fingerprint density at radius 3 is 2.40 bits per heavy atom. The van der Waals surface area contributed by atoms with Crippen LogP contribution in [0, 0.1) is 0 Å². The number of ether oxygens (including phenoxy) is 3. The van der Waals surface area contributed by atoms with Crippen LogP contribution in [0.15, 0.2) is 42.5 Å². The first kappa shape index (κ1) is 19.1. The third-order valence-electron chi connectivity index (χ3n) is 3.67. The van der Waals surface area contributed by atoms with Crippen LogP contribution in [0.3, 0.4) is 0 Å². The van der Waals surface area contributed by atoms with Crippen molar-refractivity contribution in [2.75, 3.05) is 13.7 Å². The fraction of sp³-hybridized carbons (Fsp3) is 0.429. The first-order valence-electron chi connectivity index (χ1n) is 8.89. The standard InChI is InChI=1S/C21H29NO3/c1-5-13-24-21-18(7-6-8-20(21)23-4)15-22-14-17-9-11-19(12-10-17)25-16(2)3/h6-12,16,22H,5,13-15H2,1-4H3. The maximum atomic E-state index is 5.88. The maximum absolute atomic E-state index is 5.88. The van der Waals surface area contributed by atoms with E-state index in [1.165, 1.54) is 5.56 Å². The summed E-state index contributed by atoms with van der Waals surface area (Å²) in [5.41, 5.74) is 2.32. The second-order valence-corrected chi connectivity index (χ2v) is 6.21. The number of para-hydroxylation sites is 1. The number of rotatable bonds is 10. The molecule has 4 heteroatoms. The van der Waals surface area contributed by atoms with Gasteiger partial charge in [0.15, 0.2) is 11.5 Å². The first-order valence-corrected chi connectivity index (χ1v) is 8.89. The quantitative estimate of drug-likeness (QED) is 0.686. The summed E-state index contributed by atoms with van der Waals surface area (Å²) < 4.78 is 17.0. The molecule has 136 valence electrons. The van der Waals surface area contributed by atoms with Crippen molar-refractivity contribution in [1.82, 2.24) is 5.32 Å². The second-order valence-electron chi connectivity index (χ2n) is 6.21. The van der Waals surface area contributed by atoms with E-state index in [9.17, 15) is 0 Å². The van der Waals surface area contributed by atoms with Crippen molar-refractivity contribution >= 4 is 0 Å². The van der Waals surface area contributed by atoms with E-state index in [0.29, 0.717) is 6.61 Å². The van der Waals surface area contributed by atoms with Crippen LogP contribution in [0.4, 0.5) is 0 Å². The van der Waals surface area contributed by atoms with Crippen molar-refractivity contribution in [3.05, 3.63) is 53.6 Å². The van der Waals surface area contributed by atoms with Crippen molar-refractivity contribution in [2.45, 2.75) is 46.4 Å². The highest BCUT2D eigenvalue weighted by Crippen LogP contribution is 2.31. The van der Waals surface area contributed by atoms with Gasteiger partial charge in [-0.3, -0.25) is 0 Å². The Morgan fingerprint density at radius 1 is 1.00 bits per heavy atom. The lowest BCUT2D eigenvalue weighted by Crippen LogP contribution is -2.14. The highest BCUT2D eigenvalue weighted by Gasteiger charge is 2.10. The zero-order chi connectivity index (χ0) is 18.1. The van der Waals surface area contributed by atoms with E-state index in [4.69, 9.17) is 14.2 Å². The summed E-state index contributed by atoms with van der Waals surface area (Å²) in [5, 5.41) is 3.47. The molecule has 0 aliphatic carbocycles. The lowest BCUT2D eigenvalue weighted by Gasteiger charge is -2.15. The molecule has 0 spiro atoms. The molecule has 0 aliphatic heterocycles. The van der Waals surface area contributed by atoms with Crippen molar-refractivity contribution < 1.29 is 14.2 Å². The highest BCUT2D eigenvalue weighted by molar-refractivity contribution is 5.46. The van der Waals surface area contributed by atoms with Crippen LogP contribution in [0.2, 0.25) is 0 Å².